The Bertz CT molecular complexity index is 2230. The van der Waals surface area contributed by atoms with Crippen LogP contribution in [0.25, 0.3) is 0 Å². The molecule has 0 radical (unpaired) electrons. The van der Waals surface area contributed by atoms with E-state index in [0.717, 1.165) is 5.69 Å². The highest BCUT2D eigenvalue weighted by molar-refractivity contribution is 7.80. The van der Waals surface area contributed by atoms with Crippen molar-refractivity contribution in [1.82, 2.24) is 46.2 Å². The zero-order valence-corrected chi connectivity index (χ0v) is 43.8. The van der Waals surface area contributed by atoms with Crippen LogP contribution in [0.1, 0.15) is 35.2 Å². The number of benzene rings is 2. The van der Waals surface area contributed by atoms with Crippen molar-refractivity contribution in [3.05, 3.63) is 59.7 Å². The molecular formula is C48H69N11O15S2. The molecule has 1 saturated heterocycles. The summed E-state index contributed by atoms with van der Waals surface area (Å²) in [6.07, 6.45) is 1.20. The molecule has 3 rings (SSSR count). The second-order valence-corrected chi connectivity index (χ2v) is 17.7. The fourth-order valence-corrected chi connectivity index (χ4v) is 7.60. The van der Waals surface area contributed by atoms with E-state index >= 15 is 0 Å². The van der Waals surface area contributed by atoms with E-state index in [-0.39, 0.29) is 136 Å². The van der Waals surface area contributed by atoms with Crippen LogP contribution in [0, 0.1) is 0 Å². The molecule has 0 aromatic heterocycles. The van der Waals surface area contributed by atoms with Crippen LogP contribution in [0.4, 0.5) is 11.4 Å². The van der Waals surface area contributed by atoms with Gasteiger partial charge in [0.15, 0.2) is 5.11 Å². The number of carbonyl (C=O) groups excluding carboxylic acids is 4. The first kappa shape index (κ1) is 63.7. The molecule has 0 spiro atoms. The highest BCUT2D eigenvalue weighted by Crippen LogP contribution is 2.16. The normalized spacial score (nSPS) is 14.3. The van der Waals surface area contributed by atoms with Crippen molar-refractivity contribution in [3.8, 4) is 0 Å². The molecule has 1 atom stereocenters. The van der Waals surface area contributed by atoms with Crippen LogP contribution in [0.5, 0.6) is 0 Å². The minimum absolute atomic E-state index is 0.0210. The van der Waals surface area contributed by atoms with E-state index in [0.29, 0.717) is 48.8 Å². The molecule has 0 unspecified atom stereocenters. The third-order valence-corrected chi connectivity index (χ3v) is 11.5. The average molecular weight is 1100 g/mol. The Labute approximate surface area is 450 Å². The van der Waals surface area contributed by atoms with Crippen LogP contribution in [-0.4, -0.2) is 242 Å². The summed E-state index contributed by atoms with van der Waals surface area (Å²) in [7, 11) is 0. The molecule has 1 fully saturated rings. The van der Waals surface area contributed by atoms with Gasteiger partial charge in [0.1, 0.15) is 12.6 Å². The maximum absolute atomic E-state index is 12.8. The van der Waals surface area contributed by atoms with Gasteiger partial charge in [-0.25, -0.2) is 4.79 Å². The van der Waals surface area contributed by atoms with Crippen molar-refractivity contribution < 1.29 is 73.0 Å². The largest absolute Gasteiger partial charge is 0.480 e. The summed E-state index contributed by atoms with van der Waals surface area (Å²) >= 11 is 9.90. The average Bonchev–Trinajstić information content (AvgIpc) is 3.37. The van der Waals surface area contributed by atoms with Gasteiger partial charge >= 0.3 is 23.9 Å². The summed E-state index contributed by atoms with van der Waals surface area (Å²) in [6.45, 7) is 2.47. The van der Waals surface area contributed by atoms with Gasteiger partial charge in [-0.1, -0.05) is 12.1 Å². The Hall–Kier alpha value is -6.59. The number of unbranched alkanes of at least 4 members (excludes halogenated alkanes) is 1. The van der Waals surface area contributed by atoms with Crippen molar-refractivity contribution in [2.24, 2.45) is 4.99 Å². The van der Waals surface area contributed by atoms with E-state index in [2.05, 4.69) is 54.3 Å². The van der Waals surface area contributed by atoms with Gasteiger partial charge in [-0.2, -0.15) is 4.99 Å². The summed E-state index contributed by atoms with van der Waals surface area (Å²) in [5, 5.41) is 57.0. The van der Waals surface area contributed by atoms with Crippen LogP contribution in [0.2, 0.25) is 0 Å². The number of aliphatic carboxylic acids is 4. The third kappa shape index (κ3) is 29.5. The predicted octanol–water partition coefficient (Wildman–Crippen LogP) is -0.865. The van der Waals surface area contributed by atoms with Crippen molar-refractivity contribution in [2.45, 2.75) is 31.8 Å². The second kappa shape index (κ2) is 37.2. The van der Waals surface area contributed by atoms with Gasteiger partial charge in [-0.3, -0.25) is 53.2 Å². The first-order valence-electron chi connectivity index (χ1n) is 24.4. The minimum Gasteiger partial charge on any atom is -0.480 e. The Morgan fingerprint density at radius 3 is 1.72 bits per heavy atom. The Kier molecular flexibility index (Phi) is 31.2. The highest BCUT2D eigenvalue weighted by atomic mass is 32.1. The van der Waals surface area contributed by atoms with Crippen molar-refractivity contribution in [3.63, 3.8) is 0 Å². The number of nitrogens with one attached hydrogen (secondary N) is 6. The second-order valence-electron chi connectivity index (χ2n) is 17.2. The lowest BCUT2D eigenvalue weighted by molar-refractivity contribution is -0.142. The maximum Gasteiger partial charge on any atom is 0.326 e. The smallest absolute Gasteiger partial charge is 0.326 e. The van der Waals surface area contributed by atoms with Crippen molar-refractivity contribution in [2.75, 3.05) is 143 Å². The van der Waals surface area contributed by atoms with Gasteiger partial charge in [-0.15, -0.1) is 0 Å². The number of carbonyl (C=O) groups is 8. The SMILES string of the molecule is O=C(O)CN1CCN(CC(=O)O)CCN(CC(=O)NCCOCCOCCOCC(=O)NCc2cccc(C(=O)NCC(=O)N[C@@H](CCCCNC(=S)Nc3ccc(N=C=S)cc3)C(=O)O)c2)CCN(CC(=O)O)CC1. The fourth-order valence-electron chi connectivity index (χ4n) is 7.27. The molecule has 1 aliphatic heterocycles. The topological polar surface area (TPSA) is 343 Å². The van der Waals surface area contributed by atoms with Gasteiger partial charge in [0.25, 0.3) is 5.91 Å². The van der Waals surface area contributed by atoms with E-state index in [1.165, 1.54) is 6.07 Å². The lowest BCUT2D eigenvalue weighted by Gasteiger charge is -2.32. The molecule has 1 heterocycles. The van der Waals surface area contributed by atoms with Crippen LogP contribution >= 0.6 is 24.4 Å². The van der Waals surface area contributed by atoms with Crippen LogP contribution in [0.3, 0.4) is 0 Å². The van der Waals surface area contributed by atoms with E-state index in [9.17, 15) is 58.8 Å². The molecule has 0 saturated carbocycles. The van der Waals surface area contributed by atoms with E-state index in [1.54, 1.807) is 57.2 Å². The van der Waals surface area contributed by atoms with Crippen LogP contribution in [0.15, 0.2) is 53.5 Å². The quantitative estimate of drug-likeness (QED) is 0.0236. The molecule has 26 nitrogen and oxygen atoms in total. The maximum atomic E-state index is 12.8. The lowest BCUT2D eigenvalue weighted by atomic mass is 10.1. The molecule has 0 bridgehead atoms. The van der Waals surface area contributed by atoms with E-state index in [1.807, 2.05) is 4.90 Å². The highest BCUT2D eigenvalue weighted by Gasteiger charge is 2.22. The molecule has 0 aliphatic carbocycles. The lowest BCUT2D eigenvalue weighted by Crippen LogP contribution is -2.50. The number of amides is 4. The summed E-state index contributed by atoms with van der Waals surface area (Å²) in [5.41, 5.74) is 2.23. The molecular weight excluding hydrogens is 1030 g/mol. The van der Waals surface area contributed by atoms with Crippen molar-refractivity contribution in [1.29, 1.82) is 0 Å². The Balaban J connectivity index is 1.24. The summed E-state index contributed by atoms with van der Waals surface area (Å²) in [5.74, 6) is -6.29. The minimum atomic E-state index is -1.21. The summed E-state index contributed by atoms with van der Waals surface area (Å²) < 4.78 is 16.4. The van der Waals surface area contributed by atoms with Crippen LogP contribution < -0.4 is 31.9 Å². The Morgan fingerprint density at radius 2 is 1.17 bits per heavy atom. The number of aliphatic imine (C=N–C) groups is 1. The van der Waals surface area contributed by atoms with E-state index < -0.39 is 54.2 Å². The number of anilines is 1. The van der Waals surface area contributed by atoms with Gasteiger partial charge < -0.3 is 66.5 Å². The van der Waals surface area contributed by atoms with Gasteiger partial charge in [0.05, 0.1) is 76.6 Å². The number of rotatable bonds is 33. The van der Waals surface area contributed by atoms with E-state index in [4.69, 9.17) is 26.4 Å². The Morgan fingerprint density at radius 1 is 0.618 bits per heavy atom. The number of carboxylic acids is 4. The number of hydrogen-bond donors (Lipinski definition) is 10. The number of thiocarbonyl (C=S) groups is 2. The molecule has 2 aromatic rings. The number of nitrogens with zero attached hydrogens (tertiary/aromatic N) is 5. The molecule has 418 valence electrons. The molecule has 4 amide bonds. The van der Waals surface area contributed by atoms with Crippen molar-refractivity contribution >= 4 is 93.6 Å². The summed E-state index contributed by atoms with van der Waals surface area (Å²) in [6, 6.07) is 12.3. The van der Waals surface area contributed by atoms with Gasteiger partial charge in [0, 0.05) is 83.2 Å². The standard InChI is InChI=1S/C48H69N11O15S2/c60-40(55-39(47(70)71)6-1-2-11-50-48(76)54-38-9-7-37(8-10-38)53-34-75)28-52-46(69)36-5-3-4-35(26-36)27-51-42(62)33-74-25-24-73-23-22-72-21-12-49-41(61)29-56-13-15-57(30-43(63)64)17-19-59(32-45(67)68)20-18-58(16-14-56)31-44(65)66/h3-5,7-10,26,39H,1-2,6,11-25,27-33H2,(H,49,61)(H,51,62)(H,52,69)(H,55,60)(H,63,64)(H,65,66)(H,67,68)(H,70,71)(H2,50,54,76)/t39-/m0/s1. The molecule has 10 N–H and O–H groups in total. The monoisotopic (exact) mass is 1100 g/mol. The first-order valence-corrected chi connectivity index (χ1v) is 25.2. The fraction of sp³-hybridized carbons (Fsp3) is 0.542. The predicted molar refractivity (Wildman–Crippen MR) is 284 cm³/mol. The van der Waals surface area contributed by atoms with Gasteiger partial charge in [0.2, 0.25) is 17.7 Å². The first-order chi connectivity index (χ1) is 36.5. The zero-order valence-electron chi connectivity index (χ0n) is 42.2. The third-order valence-electron chi connectivity index (χ3n) is 11.1. The molecule has 1 aliphatic rings. The number of ether oxygens (including phenoxy) is 3. The molecule has 28 heteroatoms. The number of isothiocyanates is 1. The summed E-state index contributed by atoms with van der Waals surface area (Å²) in [4.78, 5) is 108. The van der Waals surface area contributed by atoms with Crippen LogP contribution in [-0.2, 0) is 54.3 Å². The number of hydrogen-bond acceptors (Lipinski definition) is 18. The zero-order chi connectivity index (χ0) is 55.5. The number of carboxylic acid groups (broad SMARTS) is 4. The molecule has 76 heavy (non-hydrogen) atoms. The molecule has 2 aromatic carbocycles. The van der Waals surface area contributed by atoms with Gasteiger partial charge in [-0.05, 0) is 85.7 Å².